The Bertz CT molecular complexity index is 522. The third-order valence-electron chi connectivity index (χ3n) is 2.53. The summed E-state index contributed by atoms with van der Waals surface area (Å²) in [5, 5.41) is 20.4. The third-order valence-corrected chi connectivity index (χ3v) is 2.53. The average molecular weight is 265 g/mol. The van der Waals surface area contributed by atoms with Crippen LogP contribution in [0.1, 0.15) is 12.8 Å². The number of carboxylic acid groups (broad SMARTS) is 2. The lowest BCUT2D eigenvalue weighted by molar-refractivity contribution is -0.139. The van der Waals surface area contributed by atoms with E-state index in [9.17, 15) is 9.59 Å². The van der Waals surface area contributed by atoms with Crippen molar-refractivity contribution >= 4 is 36.3 Å². The van der Waals surface area contributed by atoms with E-state index >= 15 is 0 Å². The topological polar surface area (TPSA) is 136 Å². The number of amidine groups is 2. The fourth-order valence-electron chi connectivity index (χ4n) is 1.61. The van der Waals surface area contributed by atoms with E-state index in [1.165, 1.54) is 12.7 Å². The maximum absolute atomic E-state index is 11.0. The summed E-state index contributed by atoms with van der Waals surface area (Å²) in [5.74, 6) is -1.52. The van der Waals surface area contributed by atoms with Gasteiger partial charge >= 0.3 is 11.9 Å². The number of aliphatic carboxylic acids is 2. The van der Waals surface area contributed by atoms with Gasteiger partial charge in [-0.3, -0.25) is 14.8 Å². The van der Waals surface area contributed by atoms with Crippen LogP contribution in [0.15, 0.2) is 20.0 Å². The van der Waals surface area contributed by atoms with Crippen LogP contribution >= 0.6 is 0 Å². The van der Waals surface area contributed by atoms with E-state index in [0.717, 1.165) is 0 Å². The molecule has 2 atom stereocenters. The summed E-state index contributed by atoms with van der Waals surface area (Å²) in [4.78, 5) is 37.4. The number of nitrogens with zero attached hydrogens (tertiary/aromatic N) is 4. The highest BCUT2D eigenvalue weighted by atomic mass is 16.4. The maximum atomic E-state index is 11.0. The number of hydrogen-bond donors (Lipinski definition) is 3. The molecule has 0 saturated heterocycles. The third kappa shape index (κ3) is 3.00. The first-order valence-electron chi connectivity index (χ1n) is 5.48. The Morgan fingerprint density at radius 2 is 2.26 bits per heavy atom. The Balaban J connectivity index is 2.16. The van der Waals surface area contributed by atoms with Crippen molar-refractivity contribution in [2.24, 2.45) is 20.0 Å². The van der Waals surface area contributed by atoms with E-state index in [2.05, 4.69) is 25.3 Å². The van der Waals surface area contributed by atoms with Gasteiger partial charge in [-0.1, -0.05) is 0 Å². The second-order valence-electron chi connectivity index (χ2n) is 3.86. The predicted molar refractivity (Wildman–Crippen MR) is 67.1 cm³/mol. The molecule has 2 aliphatic rings. The van der Waals surface area contributed by atoms with E-state index in [0.29, 0.717) is 5.84 Å². The molecule has 0 bridgehead atoms. The van der Waals surface area contributed by atoms with Crippen LogP contribution < -0.4 is 5.32 Å². The van der Waals surface area contributed by atoms with Crippen LogP contribution in [0.2, 0.25) is 0 Å². The number of nitrogens with one attached hydrogen (secondary N) is 1. The molecule has 0 aromatic heterocycles. The fourth-order valence-corrected chi connectivity index (χ4v) is 1.61. The van der Waals surface area contributed by atoms with Crippen LogP contribution in [-0.4, -0.2) is 58.6 Å². The summed E-state index contributed by atoms with van der Waals surface area (Å²) >= 11 is 0. The molecule has 0 fully saturated rings. The summed E-state index contributed by atoms with van der Waals surface area (Å²) in [6, 6.07) is -1.69. The van der Waals surface area contributed by atoms with Crippen LogP contribution in [0.25, 0.3) is 0 Å². The van der Waals surface area contributed by atoms with Crippen molar-refractivity contribution in [3.05, 3.63) is 0 Å². The largest absolute Gasteiger partial charge is 0.481 e. The highest BCUT2D eigenvalue weighted by Crippen LogP contribution is 2.11. The van der Waals surface area contributed by atoms with Gasteiger partial charge in [0.15, 0.2) is 11.9 Å². The summed E-state index contributed by atoms with van der Waals surface area (Å²) in [6.07, 6.45) is 2.31. The zero-order chi connectivity index (χ0) is 13.8. The minimum Gasteiger partial charge on any atom is -0.481 e. The molecule has 0 aromatic rings. The molecule has 0 saturated carbocycles. The number of carbonyl (C=O) groups is 2. The van der Waals surface area contributed by atoms with Gasteiger partial charge < -0.3 is 15.5 Å². The molecule has 2 aliphatic heterocycles. The van der Waals surface area contributed by atoms with Gasteiger partial charge in [0.05, 0.1) is 6.34 Å². The monoisotopic (exact) mass is 265 g/mol. The molecule has 0 spiro atoms. The minimum atomic E-state index is -1.19. The second kappa shape index (κ2) is 5.38. The van der Waals surface area contributed by atoms with Crippen LogP contribution in [0.3, 0.4) is 0 Å². The first kappa shape index (κ1) is 12.9. The normalized spacial score (nSPS) is 23.7. The number of rotatable bonds is 5. The van der Waals surface area contributed by atoms with Crippen LogP contribution in [0.4, 0.5) is 0 Å². The van der Waals surface area contributed by atoms with Crippen molar-refractivity contribution in [3.63, 3.8) is 0 Å². The lowest BCUT2D eigenvalue weighted by Gasteiger charge is -2.16. The molecule has 3 N–H and O–H groups in total. The Morgan fingerprint density at radius 3 is 2.95 bits per heavy atom. The summed E-state index contributed by atoms with van der Waals surface area (Å²) in [6.45, 7) is 0. The van der Waals surface area contributed by atoms with Crippen LogP contribution in [0.5, 0.6) is 0 Å². The standard InChI is InChI=1S/C10H11N5O4/c16-6(17)2-1-5(10(18)19)15-9-7-8(12-3-11-7)13-4-14-9/h3-5,7H,1-2H2,(H,16,17)(H,18,19)(H,11,12,13,14,15). The van der Waals surface area contributed by atoms with Gasteiger partial charge in [0.25, 0.3) is 0 Å². The molecule has 100 valence electrons. The predicted octanol–water partition coefficient (Wildman–Crippen LogP) is -0.857. The molecular formula is C10H11N5O4. The number of fused-ring (bicyclic) bond motifs is 1. The highest BCUT2D eigenvalue weighted by molar-refractivity contribution is 6.21. The highest BCUT2D eigenvalue weighted by Gasteiger charge is 2.28. The van der Waals surface area contributed by atoms with Crippen LogP contribution in [-0.2, 0) is 9.59 Å². The molecular weight excluding hydrogens is 254 g/mol. The Kier molecular flexibility index (Phi) is 3.64. The Hall–Kier alpha value is -2.58. The quantitative estimate of drug-likeness (QED) is 0.594. The van der Waals surface area contributed by atoms with Gasteiger partial charge in [-0.05, 0) is 6.42 Å². The van der Waals surface area contributed by atoms with Crippen molar-refractivity contribution in [1.29, 1.82) is 0 Å². The van der Waals surface area contributed by atoms with E-state index < -0.39 is 24.0 Å². The number of hydrogen-bond acceptors (Lipinski definition) is 6. The molecule has 2 unspecified atom stereocenters. The molecule has 0 amide bonds. The Morgan fingerprint density at radius 1 is 1.47 bits per heavy atom. The zero-order valence-electron chi connectivity index (χ0n) is 9.72. The van der Waals surface area contributed by atoms with Crippen molar-refractivity contribution in [2.45, 2.75) is 24.9 Å². The molecule has 0 radical (unpaired) electrons. The lowest BCUT2D eigenvalue weighted by Crippen LogP contribution is -2.41. The van der Waals surface area contributed by atoms with Crippen molar-refractivity contribution in [1.82, 2.24) is 5.32 Å². The number of carboxylic acids is 2. The van der Waals surface area contributed by atoms with Gasteiger partial charge in [-0.2, -0.15) is 0 Å². The summed E-state index contributed by atoms with van der Waals surface area (Å²) < 4.78 is 0. The lowest BCUT2D eigenvalue weighted by atomic mass is 10.1. The summed E-state index contributed by atoms with van der Waals surface area (Å²) in [7, 11) is 0. The fraction of sp³-hybridized carbons (Fsp3) is 0.400. The van der Waals surface area contributed by atoms with E-state index in [-0.39, 0.29) is 18.7 Å². The molecule has 0 aliphatic carbocycles. The Labute approximate surface area is 107 Å². The maximum Gasteiger partial charge on any atom is 0.328 e. The second-order valence-corrected chi connectivity index (χ2v) is 3.86. The van der Waals surface area contributed by atoms with Gasteiger partial charge in [0.1, 0.15) is 18.2 Å². The van der Waals surface area contributed by atoms with E-state index in [1.807, 2.05) is 0 Å². The average Bonchev–Trinajstić information content (AvgIpc) is 2.82. The minimum absolute atomic E-state index is 0.0972. The molecule has 0 aromatic carbocycles. The molecule has 9 nitrogen and oxygen atoms in total. The van der Waals surface area contributed by atoms with Crippen molar-refractivity contribution in [2.75, 3.05) is 0 Å². The number of aliphatic imine (C=N–C) groups is 4. The van der Waals surface area contributed by atoms with Crippen molar-refractivity contribution in [3.8, 4) is 0 Å². The molecule has 2 heterocycles. The zero-order valence-corrected chi connectivity index (χ0v) is 9.72. The van der Waals surface area contributed by atoms with Gasteiger partial charge in [0, 0.05) is 6.42 Å². The van der Waals surface area contributed by atoms with Crippen molar-refractivity contribution < 1.29 is 19.8 Å². The first-order chi connectivity index (χ1) is 9.08. The summed E-state index contributed by atoms with van der Waals surface area (Å²) in [5.41, 5.74) is 0. The van der Waals surface area contributed by atoms with E-state index in [4.69, 9.17) is 10.2 Å². The van der Waals surface area contributed by atoms with Crippen LogP contribution in [0, 0.1) is 0 Å². The molecule has 19 heavy (non-hydrogen) atoms. The molecule has 2 rings (SSSR count). The van der Waals surface area contributed by atoms with E-state index in [1.54, 1.807) is 0 Å². The molecule has 9 heteroatoms. The smallest absolute Gasteiger partial charge is 0.328 e. The SMILES string of the molecule is O=C(O)CCC(N=C1N=CNC2=NC=NC12)C(=O)O. The van der Waals surface area contributed by atoms with Gasteiger partial charge in [-0.15, -0.1) is 0 Å². The van der Waals surface area contributed by atoms with Gasteiger partial charge in [0.2, 0.25) is 0 Å². The first-order valence-corrected chi connectivity index (χ1v) is 5.48. The van der Waals surface area contributed by atoms with Gasteiger partial charge in [-0.25, -0.2) is 14.8 Å².